The number of rotatable bonds is 5. The van der Waals surface area contributed by atoms with E-state index >= 15 is 0 Å². The first-order valence-electron chi connectivity index (χ1n) is 4.52. The van der Waals surface area contributed by atoms with Crippen LogP contribution in [0.2, 0.25) is 0 Å². The molecule has 72 valence electrons. The first kappa shape index (κ1) is 11.9. The van der Waals surface area contributed by atoms with Crippen molar-refractivity contribution >= 4 is 13.9 Å². The fourth-order valence-corrected chi connectivity index (χ4v) is 2.26. The molecule has 3 heteroatoms. The summed E-state index contributed by atoms with van der Waals surface area (Å²) in [5, 5.41) is 0. The Labute approximate surface area is 76.4 Å². The summed E-state index contributed by atoms with van der Waals surface area (Å²) in [7, 11) is -0.101. The second-order valence-corrected chi connectivity index (χ2v) is 5.92. The third-order valence-electron chi connectivity index (χ3n) is 1.61. The number of hydrogen-bond acceptors (Lipinski definition) is 2. The van der Waals surface area contributed by atoms with Gasteiger partial charge in [-0.1, -0.05) is 21.8 Å². The fraction of sp³-hybridized carbons (Fsp3) is 0.889. The van der Waals surface area contributed by atoms with Crippen molar-refractivity contribution < 1.29 is 9.53 Å². The zero-order valence-corrected chi connectivity index (χ0v) is 9.36. The second-order valence-electron chi connectivity index (χ2n) is 3.00. The average molecular weight is 190 g/mol. The van der Waals surface area contributed by atoms with Crippen LogP contribution in [-0.2, 0) is 9.53 Å². The van der Waals surface area contributed by atoms with Gasteiger partial charge in [0.1, 0.15) is 0 Å². The number of ether oxygens (including phenoxy) is 1. The predicted octanol–water partition coefficient (Wildman–Crippen LogP) is 2.46. The lowest BCUT2D eigenvalue weighted by atomic mass is 10.5. The Morgan fingerprint density at radius 1 is 1.33 bits per heavy atom. The van der Waals surface area contributed by atoms with Crippen LogP contribution in [0.4, 0.5) is 0 Å². The van der Waals surface area contributed by atoms with Crippen LogP contribution in [0.15, 0.2) is 0 Å². The van der Waals surface area contributed by atoms with Crippen LogP contribution < -0.4 is 0 Å². The summed E-state index contributed by atoms with van der Waals surface area (Å²) >= 11 is 0. The van der Waals surface area contributed by atoms with Crippen molar-refractivity contribution in [2.45, 2.75) is 33.8 Å². The zero-order valence-electron chi connectivity index (χ0n) is 8.46. The smallest absolute Gasteiger partial charge is 0.310 e. The first-order chi connectivity index (χ1) is 5.60. The van der Waals surface area contributed by atoms with Gasteiger partial charge in [-0.15, -0.1) is 0 Å². The van der Waals surface area contributed by atoms with Crippen molar-refractivity contribution in [3.05, 3.63) is 0 Å². The average Bonchev–Trinajstić information content (AvgIpc) is 1.98. The van der Waals surface area contributed by atoms with Gasteiger partial charge in [0.05, 0.1) is 12.3 Å². The van der Waals surface area contributed by atoms with E-state index in [-0.39, 0.29) is 20.0 Å². The normalized spacial score (nSPS) is 10.8. The highest BCUT2D eigenvalue weighted by Gasteiger charge is 2.11. The third-order valence-corrected chi connectivity index (χ3v) is 4.11. The Hall–Kier alpha value is -0.100. The highest BCUT2D eigenvalue weighted by atomic mass is 31.1. The maximum atomic E-state index is 11.2. The molecule has 0 rings (SSSR count). The van der Waals surface area contributed by atoms with E-state index < -0.39 is 0 Å². The Morgan fingerprint density at radius 3 is 2.17 bits per heavy atom. The fourth-order valence-electron chi connectivity index (χ4n) is 0.930. The quantitative estimate of drug-likeness (QED) is 0.491. The monoisotopic (exact) mass is 190 g/mol. The molecule has 0 saturated carbocycles. The summed E-state index contributed by atoms with van der Waals surface area (Å²) < 4.78 is 5.06. The molecule has 0 aliphatic carbocycles. The second kappa shape index (κ2) is 6.42. The Bertz CT molecular complexity index is 130. The van der Waals surface area contributed by atoms with Crippen molar-refractivity contribution in [3.63, 3.8) is 0 Å². The minimum Gasteiger partial charge on any atom is -0.463 e. The van der Waals surface area contributed by atoms with Gasteiger partial charge in [-0.25, -0.2) is 0 Å². The molecule has 0 unspecified atom stereocenters. The number of carbonyl (C=O) groups excluding carboxylic acids is 1. The standard InChI is InChI=1S/C9H19O2P/c1-5-12(6-2)7-9(10)11-8(3)4/h8H,5-7H2,1-4H3. The van der Waals surface area contributed by atoms with E-state index in [0.717, 1.165) is 12.3 Å². The maximum Gasteiger partial charge on any atom is 0.310 e. The highest BCUT2D eigenvalue weighted by Crippen LogP contribution is 2.33. The lowest BCUT2D eigenvalue weighted by Crippen LogP contribution is -2.15. The third kappa shape index (κ3) is 5.54. The molecule has 2 nitrogen and oxygen atoms in total. The SMILES string of the molecule is CCP(CC)CC(=O)OC(C)C. The molecule has 0 saturated heterocycles. The van der Waals surface area contributed by atoms with Crippen LogP contribution in [0.3, 0.4) is 0 Å². The van der Waals surface area contributed by atoms with Crippen LogP contribution in [-0.4, -0.2) is 30.6 Å². The molecule has 0 spiro atoms. The van der Waals surface area contributed by atoms with Crippen LogP contribution >= 0.6 is 7.92 Å². The van der Waals surface area contributed by atoms with Gasteiger partial charge < -0.3 is 4.74 Å². The molecule has 0 aliphatic heterocycles. The molecule has 0 aliphatic rings. The molecule has 0 atom stereocenters. The number of esters is 1. The van der Waals surface area contributed by atoms with Gasteiger partial charge in [0.25, 0.3) is 0 Å². The zero-order chi connectivity index (χ0) is 9.56. The van der Waals surface area contributed by atoms with E-state index in [1.165, 1.54) is 0 Å². The summed E-state index contributed by atoms with van der Waals surface area (Å²) in [6, 6.07) is 0. The molecular formula is C9H19O2P. The predicted molar refractivity (Wildman–Crippen MR) is 54.1 cm³/mol. The minimum absolute atomic E-state index is 0.0280. The van der Waals surface area contributed by atoms with E-state index in [0.29, 0.717) is 6.16 Å². The van der Waals surface area contributed by atoms with Crippen molar-refractivity contribution in [2.75, 3.05) is 18.5 Å². The Kier molecular flexibility index (Phi) is 6.37. The van der Waals surface area contributed by atoms with E-state index in [1.807, 2.05) is 13.8 Å². The van der Waals surface area contributed by atoms with E-state index in [9.17, 15) is 4.79 Å². The van der Waals surface area contributed by atoms with Gasteiger partial charge in [-0.2, -0.15) is 0 Å². The van der Waals surface area contributed by atoms with E-state index in [2.05, 4.69) is 13.8 Å². The molecule has 0 aromatic rings. The Morgan fingerprint density at radius 2 is 1.83 bits per heavy atom. The molecule has 0 radical (unpaired) electrons. The first-order valence-corrected chi connectivity index (χ1v) is 6.41. The minimum atomic E-state index is -0.101. The van der Waals surface area contributed by atoms with Crippen LogP contribution in [0, 0.1) is 0 Å². The molecular weight excluding hydrogens is 171 g/mol. The molecule has 0 aromatic carbocycles. The highest BCUT2D eigenvalue weighted by molar-refractivity contribution is 7.58. The lowest BCUT2D eigenvalue weighted by Gasteiger charge is -2.13. The molecule has 0 fully saturated rings. The topological polar surface area (TPSA) is 26.3 Å². The molecule has 0 N–H and O–H groups in total. The van der Waals surface area contributed by atoms with Crippen LogP contribution in [0.25, 0.3) is 0 Å². The molecule has 12 heavy (non-hydrogen) atoms. The molecule has 0 aromatic heterocycles. The van der Waals surface area contributed by atoms with Crippen molar-refractivity contribution in [1.29, 1.82) is 0 Å². The summed E-state index contributed by atoms with van der Waals surface area (Å²) in [5.41, 5.74) is 0. The molecule has 0 heterocycles. The Balaban J connectivity index is 3.66. The van der Waals surface area contributed by atoms with Gasteiger partial charge in [-0.3, -0.25) is 4.79 Å². The molecule has 0 bridgehead atoms. The number of hydrogen-bond donors (Lipinski definition) is 0. The van der Waals surface area contributed by atoms with Crippen LogP contribution in [0.5, 0.6) is 0 Å². The van der Waals surface area contributed by atoms with Crippen LogP contribution in [0.1, 0.15) is 27.7 Å². The van der Waals surface area contributed by atoms with E-state index in [4.69, 9.17) is 4.74 Å². The summed E-state index contributed by atoms with van der Waals surface area (Å²) in [4.78, 5) is 11.2. The van der Waals surface area contributed by atoms with Gasteiger partial charge in [0, 0.05) is 0 Å². The van der Waals surface area contributed by atoms with Crippen molar-refractivity contribution in [1.82, 2.24) is 0 Å². The van der Waals surface area contributed by atoms with Gasteiger partial charge >= 0.3 is 5.97 Å². The number of carbonyl (C=O) groups is 1. The van der Waals surface area contributed by atoms with Gasteiger partial charge in [0.2, 0.25) is 0 Å². The summed E-state index contributed by atoms with van der Waals surface area (Å²) in [5.74, 6) is -0.0280. The van der Waals surface area contributed by atoms with Gasteiger partial charge in [0.15, 0.2) is 0 Å². The summed E-state index contributed by atoms with van der Waals surface area (Å²) in [6.45, 7) is 8.05. The molecule has 0 amide bonds. The largest absolute Gasteiger partial charge is 0.463 e. The van der Waals surface area contributed by atoms with E-state index in [1.54, 1.807) is 0 Å². The van der Waals surface area contributed by atoms with Crippen molar-refractivity contribution in [3.8, 4) is 0 Å². The lowest BCUT2D eigenvalue weighted by molar-refractivity contribution is -0.144. The maximum absolute atomic E-state index is 11.2. The summed E-state index contributed by atoms with van der Waals surface area (Å²) in [6.07, 6.45) is 2.92. The van der Waals surface area contributed by atoms with Gasteiger partial charge in [-0.05, 0) is 26.2 Å². The van der Waals surface area contributed by atoms with Crippen molar-refractivity contribution in [2.24, 2.45) is 0 Å².